The Kier molecular flexibility index (Phi) is 7.81. The molecule has 0 spiro atoms. The highest BCUT2D eigenvalue weighted by Crippen LogP contribution is 2.08. The van der Waals surface area contributed by atoms with Gasteiger partial charge in [-0.15, -0.1) is 0 Å². The molecule has 1 heterocycles. The maximum Gasteiger partial charge on any atom is 0.289 e. The van der Waals surface area contributed by atoms with Crippen molar-refractivity contribution >= 4 is 17.7 Å². The fraction of sp³-hybridized carbons (Fsp3) is 0.227. The van der Waals surface area contributed by atoms with Gasteiger partial charge in [-0.1, -0.05) is 12.8 Å². The minimum atomic E-state index is -0.827. The average molecular weight is 407 g/mol. The normalized spacial score (nSPS) is 10.5. The van der Waals surface area contributed by atoms with Crippen molar-refractivity contribution in [2.24, 2.45) is 0 Å². The van der Waals surface area contributed by atoms with Gasteiger partial charge in [-0.05, 0) is 60.6 Å². The van der Waals surface area contributed by atoms with Gasteiger partial charge in [0.1, 0.15) is 6.04 Å². The second kappa shape index (κ2) is 10.5. The molecule has 8 heteroatoms. The van der Waals surface area contributed by atoms with E-state index in [1.165, 1.54) is 10.4 Å². The third kappa shape index (κ3) is 5.99. The number of furan rings is 1. The van der Waals surface area contributed by atoms with E-state index in [1.54, 1.807) is 57.4 Å². The second-order valence-corrected chi connectivity index (χ2v) is 6.35. The summed E-state index contributed by atoms with van der Waals surface area (Å²) in [7, 11) is 3.26. The van der Waals surface area contributed by atoms with E-state index in [2.05, 4.69) is 29.0 Å². The summed E-state index contributed by atoms with van der Waals surface area (Å²) in [5.74, 6) is 10.0. The number of rotatable bonds is 5. The summed E-state index contributed by atoms with van der Waals surface area (Å²) in [4.78, 5) is 36.8. The highest BCUT2D eigenvalue weighted by atomic mass is 16.5. The van der Waals surface area contributed by atoms with Gasteiger partial charge in [-0.25, -0.2) is 5.48 Å². The smallest absolute Gasteiger partial charge is 0.289 e. The van der Waals surface area contributed by atoms with Crippen molar-refractivity contribution in [3.05, 3.63) is 59.0 Å². The minimum absolute atomic E-state index is 0.202. The van der Waals surface area contributed by atoms with Crippen LogP contribution in [0.3, 0.4) is 0 Å². The van der Waals surface area contributed by atoms with Gasteiger partial charge in [0, 0.05) is 25.2 Å². The Morgan fingerprint density at radius 2 is 1.73 bits per heavy atom. The van der Waals surface area contributed by atoms with E-state index in [-0.39, 0.29) is 11.7 Å². The fourth-order valence-corrected chi connectivity index (χ4v) is 2.31. The number of hydrogen-bond donors (Lipinski definition) is 3. The minimum Gasteiger partial charge on any atom is -0.443 e. The summed E-state index contributed by atoms with van der Waals surface area (Å²) in [6, 6.07) is 8.77. The Labute approximate surface area is 174 Å². The monoisotopic (exact) mass is 407 g/mol. The molecular weight excluding hydrogens is 386 g/mol. The first-order valence-electron chi connectivity index (χ1n) is 9.04. The molecule has 0 bridgehead atoms. The van der Waals surface area contributed by atoms with Gasteiger partial charge >= 0.3 is 0 Å². The number of amides is 3. The topological polar surface area (TPSA) is 112 Å². The summed E-state index contributed by atoms with van der Waals surface area (Å²) in [6.45, 7) is 1.71. The van der Waals surface area contributed by atoms with Crippen molar-refractivity contribution in [2.45, 2.75) is 19.4 Å². The van der Waals surface area contributed by atoms with E-state index in [9.17, 15) is 14.4 Å². The van der Waals surface area contributed by atoms with E-state index in [0.29, 0.717) is 23.3 Å². The van der Waals surface area contributed by atoms with Crippen LogP contribution in [-0.2, 0) is 4.79 Å². The summed E-state index contributed by atoms with van der Waals surface area (Å²) in [5, 5.41) is 11.2. The predicted octanol–water partition coefficient (Wildman–Crippen LogP) is 1.40. The van der Waals surface area contributed by atoms with Crippen molar-refractivity contribution in [1.29, 1.82) is 0 Å². The van der Waals surface area contributed by atoms with Gasteiger partial charge < -0.3 is 14.6 Å². The van der Waals surface area contributed by atoms with Crippen molar-refractivity contribution < 1.29 is 24.0 Å². The summed E-state index contributed by atoms with van der Waals surface area (Å²) in [6.07, 6.45) is 0.334. The lowest BCUT2D eigenvalue weighted by molar-refractivity contribution is -0.131. The van der Waals surface area contributed by atoms with Gasteiger partial charge in [0.25, 0.3) is 17.7 Å². The van der Waals surface area contributed by atoms with Gasteiger partial charge in [0.2, 0.25) is 0 Å². The first-order valence-corrected chi connectivity index (χ1v) is 9.04. The molecule has 0 aliphatic heterocycles. The zero-order chi connectivity index (χ0) is 22.1. The van der Waals surface area contributed by atoms with E-state index >= 15 is 0 Å². The molecule has 0 aliphatic carbocycles. The number of nitrogens with one attached hydrogen (secondary N) is 2. The predicted molar refractivity (Wildman–Crippen MR) is 108 cm³/mol. The average Bonchev–Trinajstić information content (AvgIpc) is 3.22. The summed E-state index contributed by atoms with van der Waals surface area (Å²) in [5.41, 5.74) is 2.52. The van der Waals surface area contributed by atoms with Crippen molar-refractivity contribution in [1.82, 2.24) is 15.7 Å². The molecule has 0 unspecified atom stereocenters. The number of benzene rings is 1. The molecule has 0 aliphatic rings. The molecule has 1 atom stereocenters. The number of hydrogen-bond acceptors (Lipinski definition) is 5. The first kappa shape index (κ1) is 22.3. The third-order valence-corrected chi connectivity index (χ3v) is 3.97. The quantitative estimate of drug-likeness (QED) is 0.394. The Balaban J connectivity index is 2.00. The molecule has 3 amide bonds. The van der Waals surface area contributed by atoms with Gasteiger partial charge in [0.05, 0.1) is 0 Å². The molecule has 1 aromatic carbocycles. The molecular formula is C22H21N3O5. The highest BCUT2D eigenvalue weighted by Gasteiger charge is 2.18. The highest BCUT2D eigenvalue weighted by molar-refractivity contribution is 5.97. The molecule has 0 saturated carbocycles. The Morgan fingerprint density at radius 3 is 2.33 bits per heavy atom. The Bertz CT molecular complexity index is 1050. The Hall–Kier alpha value is -4.01. The van der Waals surface area contributed by atoms with E-state index in [4.69, 9.17) is 9.62 Å². The van der Waals surface area contributed by atoms with Crippen LogP contribution < -0.4 is 10.8 Å². The van der Waals surface area contributed by atoms with Crippen LogP contribution in [0.5, 0.6) is 0 Å². The maximum absolute atomic E-state index is 12.2. The number of hydroxylamine groups is 1. The number of carbonyl (C=O) groups is 3. The third-order valence-electron chi connectivity index (χ3n) is 3.97. The molecule has 0 radical (unpaired) electrons. The van der Waals surface area contributed by atoms with E-state index in [1.807, 2.05) is 0 Å². The van der Waals surface area contributed by atoms with Crippen LogP contribution in [-0.4, -0.2) is 48.0 Å². The molecule has 2 rings (SSSR count). The van der Waals surface area contributed by atoms with Gasteiger partial charge in [-0.3, -0.25) is 19.6 Å². The molecule has 3 N–H and O–H groups in total. The molecule has 30 heavy (non-hydrogen) atoms. The van der Waals surface area contributed by atoms with E-state index < -0.39 is 17.9 Å². The molecule has 2 aromatic rings. The molecule has 1 aromatic heterocycles. The first-order chi connectivity index (χ1) is 14.3. The van der Waals surface area contributed by atoms with Crippen LogP contribution in [0.15, 0.2) is 40.8 Å². The van der Waals surface area contributed by atoms with Crippen molar-refractivity contribution in [3.63, 3.8) is 0 Å². The van der Waals surface area contributed by atoms with Crippen molar-refractivity contribution in [2.75, 3.05) is 14.1 Å². The zero-order valence-electron chi connectivity index (χ0n) is 16.8. The summed E-state index contributed by atoms with van der Waals surface area (Å²) < 4.78 is 5.35. The zero-order valence-corrected chi connectivity index (χ0v) is 16.8. The molecule has 154 valence electrons. The van der Waals surface area contributed by atoms with Gasteiger partial charge in [-0.2, -0.15) is 0 Å². The Morgan fingerprint density at radius 1 is 1.07 bits per heavy atom. The van der Waals surface area contributed by atoms with Crippen LogP contribution in [0.2, 0.25) is 0 Å². The molecule has 0 saturated heterocycles. The number of nitrogens with zero attached hydrogens (tertiary/aromatic N) is 1. The lowest BCUT2D eigenvalue weighted by Gasteiger charge is -2.14. The van der Waals surface area contributed by atoms with E-state index in [0.717, 1.165) is 0 Å². The van der Waals surface area contributed by atoms with Crippen molar-refractivity contribution in [3.8, 4) is 23.7 Å². The van der Waals surface area contributed by atoms with Gasteiger partial charge in [0.15, 0.2) is 11.5 Å². The lowest BCUT2D eigenvalue weighted by Crippen LogP contribution is -2.45. The summed E-state index contributed by atoms with van der Waals surface area (Å²) >= 11 is 0. The van der Waals surface area contributed by atoms with Crippen LogP contribution in [0, 0.1) is 23.7 Å². The number of carbonyl (C=O) groups excluding carboxylic acids is 3. The SMILES string of the molecule is CC[C@H](NC(=O)c1ccc(C#CC#Cc2ccc(C(=O)N(C)C)o2)cc1)C(=O)NO. The fourth-order valence-electron chi connectivity index (χ4n) is 2.31. The molecule has 0 fully saturated rings. The standard InChI is InChI=1S/C22H21N3O5/c1-4-18(21(27)24-29)23-20(26)16-11-9-15(10-12-16)7-5-6-8-17-13-14-19(30-17)22(28)25(2)3/h9-14,18,29H,4H2,1-3H3,(H,23,26)(H,24,27)/t18-/m0/s1. The second-order valence-electron chi connectivity index (χ2n) is 6.35. The van der Waals surface area contributed by atoms with Crippen LogP contribution in [0.1, 0.15) is 45.6 Å². The van der Waals surface area contributed by atoms with Crippen LogP contribution in [0.4, 0.5) is 0 Å². The van der Waals surface area contributed by atoms with Crippen LogP contribution >= 0.6 is 0 Å². The largest absolute Gasteiger partial charge is 0.443 e. The molecule has 8 nitrogen and oxygen atoms in total. The lowest BCUT2D eigenvalue weighted by atomic mass is 10.1. The van der Waals surface area contributed by atoms with Crippen LogP contribution in [0.25, 0.3) is 0 Å². The maximum atomic E-state index is 12.2.